The summed E-state index contributed by atoms with van der Waals surface area (Å²) in [6.45, 7) is 47.3. The van der Waals surface area contributed by atoms with Crippen LogP contribution in [-0.2, 0) is 0 Å². The zero-order valence-electron chi connectivity index (χ0n) is 34.9. The third kappa shape index (κ3) is 7.56. The first-order valence-electron chi connectivity index (χ1n) is 19.1. The highest BCUT2D eigenvalue weighted by Crippen LogP contribution is 2.49. The van der Waals surface area contributed by atoms with Gasteiger partial charge in [-0.25, -0.2) is 0 Å². The van der Waals surface area contributed by atoms with Gasteiger partial charge in [-0.05, 0) is 43.0 Å². The zero-order chi connectivity index (χ0) is 37.6. The third-order valence-electron chi connectivity index (χ3n) is 10.9. The topological polar surface area (TPSA) is 18.5 Å². The van der Waals surface area contributed by atoms with Crippen molar-refractivity contribution in [2.45, 2.75) is 133 Å². The highest BCUT2D eigenvalue weighted by atomic mass is 28.4. The van der Waals surface area contributed by atoms with Crippen LogP contribution in [0, 0.1) is 0 Å². The van der Waals surface area contributed by atoms with Crippen LogP contribution in [-0.4, -0.2) is 55.6 Å². The zero-order valence-corrected chi connectivity index (χ0v) is 40.9. The smallest absolute Gasteiger partial charge is 0.519 e. The minimum Gasteiger partial charge on any atom is -0.519 e. The Bertz CT molecular complexity index is 1740. The molecule has 0 atom stereocenters. The van der Waals surface area contributed by atoms with Crippen LogP contribution in [0.4, 0.5) is 0 Å². The van der Waals surface area contributed by atoms with Crippen molar-refractivity contribution in [3.63, 3.8) is 0 Å². The fourth-order valence-electron chi connectivity index (χ4n) is 11.1. The van der Waals surface area contributed by atoms with Gasteiger partial charge >= 0.3 is 7.12 Å². The summed E-state index contributed by atoms with van der Waals surface area (Å²) in [7, 11) is -10.5. The van der Waals surface area contributed by atoms with Crippen LogP contribution >= 0.6 is 0 Å². The van der Waals surface area contributed by atoms with Gasteiger partial charge in [0, 0.05) is 64.7 Å². The van der Waals surface area contributed by atoms with Crippen LogP contribution in [0.5, 0.6) is 11.5 Å². The molecule has 0 spiro atoms. The maximum Gasteiger partial charge on any atom is 0.633 e. The molecule has 4 aromatic carbocycles. The van der Waals surface area contributed by atoms with Crippen molar-refractivity contribution in [2.75, 3.05) is 0 Å². The summed E-state index contributed by atoms with van der Waals surface area (Å²) in [5.74, 6) is 1.84. The van der Waals surface area contributed by atoms with Gasteiger partial charge in [0.15, 0.2) is 11.5 Å². The first kappa shape index (κ1) is 39.6. The third-order valence-corrected chi connectivity index (χ3v) is 38.8. The van der Waals surface area contributed by atoms with E-state index >= 15 is 0 Å². The molecule has 0 radical (unpaired) electrons. The molecule has 9 heteroatoms. The molecule has 1 aliphatic heterocycles. The van der Waals surface area contributed by atoms with Crippen molar-refractivity contribution in [2.24, 2.45) is 0 Å². The summed E-state index contributed by atoms with van der Waals surface area (Å²) >= 11 is 0. The van der Waals surface area contributed by atoms with Crippen molar-refractivity contribution in [1.29, 1.82) is 0 Å². The second-order valence-electron chi connectivity index (χ2n) is 21.9. The number of benzene rings is 4. The Morgan fingerprint density at radius 1 is 0.400 bits per heavy atom. The molecule has 0 saturated heterocycles. The number of rotatable bonds is 10. The van der Waals surface area contributed by atoms with Gasteiger partial charge in [-0.1, -0.05) is 179 Å². The van der Waals surface area contributed by atoms with Gasteiger partial charge in [-0.2, -0.15) is 0 Å². The standard InChI is InChI=1S/C41H67BO2Si6/c1-45(2,3)39(46(4,5)6)29-27-34(40(47(7,8)9)48(10,11)12)36(35(28-29)41(49(13,14)15)50(16,17)18)42-43-37-32-25-21-19-23-30(32)31-24-20-22-26-33(31)38(37)44-42/h19-28,39-41H,1-18H3. The molecule has 0 N–H and O–H groups in total. The van der Waals surface area contributed by atoms with Crippen LogP contribution in [0.1, 0.15) is 32.2 Å². The van der Waals surface area contributed by atoms with E-state index in [-0.39, 0.29) is 0 Å². The van der Waals surface area contributed by atoms with E-state index in [2.05, 4.69) is 179 Å². The molecule has 4 aromatic rings. The molecule has 0 aliphatic carbocycles. The van der Waals surface area contributed by atoms with Gasteiger partial charge in [0.25, 0.3) is 0 Å². The Labute approximate surface area is 312 Å². The van der Waals surface area contributed by atoms with Crippen molar-refractivity contribution in [3.05, 3.63) is 77.4 Å². The van der Waals surface area contributed by atoms with Crippen molar-refractivity contribution < 1.29 is 9.31 Å². The molecule has 0 amide bonds. The molecule has 50 heavy (non-hydrogen) atoms. The average Bonchev–Trinajstić information content (AvgIpc) is 3.34. The highest BCUT2D eigenvalue weighted by molar-refractivity contribution is 6.98. The van der Waals surface area contributed by atoms with E-state index < -0.39 is 55.6 Å². The lowest BCUT2D eigenvalue weighted by molar-refractivity contribution is 0.521. The average molecular weight is 771 g/mol. The normalized spacial score (nSPS) is 15.0. The quantitative estimate of drug-likeness (QED) is 0.118. The molecule has 0 unspecified atom stereocenters. The SMILES string of the molecule is C[Si](C)(C)C(c1cc(C([Si](C)(C)C)[Si](C)(C)C)c(B2Oc3c(c4ccccc4c4ccccc34)O2)c(C([Si](C)(C)C)[Si](C)(C)C)c1)[Si](C)(C)C. The lowest BCUT2D eigenvalue weighted by Gasteiger charge is -2.45. The molecule has 5 rings (SSSR count). The lowest BCUT2D eigenvalue weighted by atomic mass is 9.72. The van der Waals surface area contributed by atoms with Gasteiger partial charge < -0.3 is 9.31 Å². The summed E-state index contributed by atoms with van der Waals surface area (Å²) in [6, 6.07) is 23.0. The molecule has 2 nitrogen and oxygen atoms in total. The van der Waals surface area contributed by atoms with Gasteiger partial charge in [-0.3, -0.25) is 0 Å². The Morgan fingerprint density at radius 2 is 0.680 bits per heavy atom. The molecule has 270 valence electrons. The van der Waals surface area contributed by atoms with Crippen molar-refractivity contribution in [3.8, 4) is 11.5 Å². The van der Waals surface area contributed by atoms with E-state index in [0.717, 1.165) is 22.3 Å². The first-order chi connectivity index (χ1) is 22.6. The summed E-state index contributed by atoms with van der Waals surface area (Å²) < 4.78 is 14.7. The molecular formula is C41H67BO2Si6. The Hall–Kier alpha value is -1.63. The Balaban J connectivity index is 1.97. The summed E-state index contributed by atoms with van der Waals surface area (Å²) in [6.07, 6.45) is 0. The molecule has 1 aliphatic rings. The van der Waals surface area contributed by atoms with E-state index in [4.69, 9.17) is 9.31 Å². The number of fused-ring (bicyclic) bond motifs is 6. The molecular weight excluding hydrogens is 704 g/mol. The molecule has 0 fully saturated rings. The van der Waals surface area contributed by atoms with E-state index in [0.29, 0.717) is 15.5 Å². The summed E-state index contributed by atoms with van der Waals surface area (Å²) in [5, 5.41) is 6.59. The maximum atomic E-state index is 7.34. The predicted molar refractivity (Wildman–Crippen MR) is 243 cm³/mol. The molecule has 0 bridgehead atoms. The van der Waals surface area contributed by atoms with Crippen LogP contribution in [0.2, 0.25) is 118 Å². The highest BCUT2D eigenvalue weighted by Gasteiger charge is 2.51. The van der Waals surface area contributed by atoms with Crippen LogP contribution in [0.15, 0.2) is 60.7 Å². The monoisotopic (exact) mass is 770 g/mol. The van der Waals surface area contributed by atoms with Crippen LogP contribution < -0.4 is 14.8 Å². The van der Waals surface area contributed by atoms with E-state index in [1.54, 1.807) is 16.7 Å². The fraction of sp³-hybridized carbons (Fsp3) is 0.512. The van der Waals surface area contributed by atoms with Gasteiger partial charge in [0.1, 0.15) is 0 Å². The van der Waals surface area contributed by atoms with Gasteiger partial charge in [0.05, 0.1) is 0 Å². The number of hydrogen-bond acceptors (Lipinski definition) is 2. The van der Waals surface area contributed by atoms with Gasteiger partial charge in [0.2, 0.25) is 0 Å². The second-order valence-corrected chi connectivity index (χ2v) is 55.5. The first-order valence-corrected chi connectivity index (χ1v) is 40.5. The van der Waals surface area contributed by atoms with Crippen molar-refractivity contribution in [1.82, 2.24) is 0 Å². The maximum absolute atomic E-state index is 7.34. The minimum atomic E-state index is -1.72. The molecule has 1 heterocycles. The van der Waals surface area contributed by atoms with E-state index in [1.165, 1.54) is 16.2 Å². The Kier molecular flexibility index (Phi) is 10.3. The second kappa shape index (κ2) is 13.0. The fourth-order valence-corrected chi connectivity index (χ4v) is 49.3. The Morgan fingerprint density at radius 3 is 0.960 bits per heavy atom. The van der Waals surface area contributed by atoms with E-state index in [9.17, 15) is 0 Å². The molecule has 0 saturated carbocycles. The summed E-state index contributed by atoms with van der Waals surface area (Å²) in [5.41, 5.74) is 6.22. The van der Waals surface area contributed by atoms with Crippen molar-refractivity contribution >= 4 is 82.6 Å². The van der Waals surface area contributed by atoms with Crippen LogP contribution in [0.25, 0.3) is 21.5 Å². The number of hydrogen-bond donors (Lipinski definition) is 0. The summed E-state index contributed by atoms with van der Waals surface area (Å²) in [4.78, 5) is 0. The largest absolute Gasteiger partial charge is 0.633 e. The van der Waals surface area contributed by atoms with E-state index in [1.807, 2.05) is 0 Å². The predicted octanol–water partition coefficient (Wildman–Crippen LogP) is 12.7. The minimum absolute atomic E-state index is 0.458. The molecule has 0 aromatic heterocycles. The van der Waals surface area contributed by atoms with Gasteiger partial charge in [-0.15, -0.1) is 0 Å². The van der Waals surface area contributed by atoms with Crippen LogP contribution in [0.3, 0.4) is 0 Å². The lowest BCUT2D eigenvalue weighted by Crippen LogP contribution is -2.56.